The highest BCUT2D eigenvalue weighted by Gasteiger charge is 2.75. The number of rotatable bonds is 6. The number of nitrogens with zero attached hydrogens (tertiary/aromatic N) is 2. The van der Waals surface area contributed by atoms with Crippen molar-refractivity contribution >= 4 is 35.1 Å². The second kappa shape index (κ2) is 10.8. The zero-order valence-corrected chi connectivity index (χ0v) is 22.4. The average Bonchev–Trinajstić information content (AvgIpc) is 3.26. The Morgan fingerprint density at radius 3 is 2.63 bits per heavy atom. The maximum absolute atomic E-state index is 14.4. The number of hydrogen-bond donors (Lipinski definition) is 1. The first kappa shape index (κ1) is 26.9. The van der Waals surface area contributed by atoms with Crippen molar-refractivity contribution in [3.8, 4) is 0 Å². The van der Waals surface area contributed by atoms with E-state index in [1.165, 1.54) is 0 Å². The van der Waals surface area contributed by atoms with Crippen LogP contribution in [0.3, 0.4) is 0 Å². The van der Waals surface area contributed by atoms with Gasteiger partial charge in [0.05, 0.1) is 23.2 Å². The fraction of sp³-hybridized carbons (Fsp3) is 0.552. The molecule has 1 unspecified atom stereocenters. The van der Waals surface area contributed by atoms with E-state index in [0.29, 0.717) is 30.0 Å². The van der Waals surface area contributed by atoms with Crippen LogP contribution in [0.1, 0.15) is 45.4 Å². The number of unbranched alkanes of at least 4 members (excludes halogenated alkanes) is 1. The van der Waals surface area contributed by atoms with Gasteiger partial charge in [-0.2, -0.15) is 0 Å². The summed E-state index contributed by atoms with van der Waals surface area (Å²) >= 11 is 6.50. The van der Waals surface area contributed by atoms with Crippen molar-refractivity contribution in [1.29, 1.82) is 0 Å². The van der Waals surface area contributed by atoms with Gasteiger partial charge in [0, 0.05) is 19.7 Å². The van der Waals surface area contributed by atoms with E-state index in [0.717, 1.165) is 19.3 Å². The Hall–Kier alpha value is -2.68. The van der Waals surface area contributed by atoms with Gasteiger partial charge in [-0.3, -0.25) is 14.4 Å². The molecule has 1 spiro atoms. The number of anilines is 1. The zero-order valence-electron chi connectivity index (χ0n) is 21.7. The van der Waals surface area contributed by atoms with Gasteiger partial charge < -0.3 is 24.4 Å². The van der Waals surface area contributed by atoms with Gasteiger partial charge in [-0.25, -0.2) is 0 Å². The minimum Gasteiger partial charge on any atom is -0.465 e. The van der Waals surface area contributed by atoms with Crippen molar-refractivity contribution in [3.63, 3.8) is 0 Å². The van der Waals surface area contributed by atoms with Crippen LogP contribution in [0.5, 0.6) is 0 Å². The van der Waals surface area contributed by atoms with Crippen LogP contribution in [-0.4, -0.2) is 71.3 Å². The summed E-state index contributed by atoms with van der Waals surface area (Å²) in [6, 6.07) is 6.12. The van der Waals surface area contributed by atoms with E-state index in [1.807, 2.05) is 37.3 Å². The molecule has 8 nitrogen and oxygen atoms in total. The molecule has 0 bridgehead atoms. The molecule has 1 aromatic rings. The molecule has 0 radical (unpaired) electrons. The van der Waals surface area contributed by atoms with E-state index < -0.39 is 35.0 Å². The Bertz CT molecular complexity index is 1150. The summed E-state index contributed by atoms with van der Waals surface area (Å²) in [4.78, 5) is 45.4. The zero-order chi connectivity index (χ0) is 26.9. The largest absolute Gasteiger partial charge is 0.465 e. The fourth-order valence-electron chi connectivity index (χ4n) is 6.56. The van der Waals surface area contributed by atoms with Crippen LogP contribution >= 0.6 is 11.6 Å². The molecule has 4 aliphatic heterocycles. The average molecular weight is 543 g/mol. The molecule has 4 aliphatic rings. The molecule has 5 rings (SSSR count). The highest BCUT2D eigenvalue weighted by Crippen LogP contribution is 2.58. The second-order valence-corrected chi connectivity index (χ2v) is 10.9. The fourth-order valence-corrected chi connectivity index (χ4v) is 6.80. The molecule has 0 aliphatic carbocycles. The van der Waals surface area contributed by atoms with Crippen LogP contribution in [0.2, 0.25) is 5.02 Å². The Labute approximate surface area is 228 Å². The normalized spacial score (nSPS) is 33.9. The molecular weight excluding hydrogens is 508 g/mol. The van der Waals surface area contributed by atoms with Crippen molar-refractivity contribution in [2.75, 3.05) is 31.2 Å². The molecule has 0 saturated carbocycles. The number of cyclic esters (lactones) is 1. The first-order valence-corrected chi connectivity index (χ1v) is 14.0. The Balaban J connectivity index is 1.65. The summed E-state index contributed by atoms with van der Waals surface area (Å²) < 4.78 is 12.6. The quantitative estimate of drug-likeness (QED) is 0.335. The second-order valence-electron chi connectivity index (χ2n) is 10.5. The summed E-state index contributed by atoms with van der Waals surface area (Å²) in [7, 11) is 0. The van der Waals surface area contributed by atoms with Gasteiger partial charge in [0.25, 0.3) is 5.91 Å². The van der Waals surface area contributed by atoms with Crippen LogP contribution in [-0.2, 0) is 23.9 Å². The smallest absolute Gasteiger partial charge is 0.313 e. The number of aliphatic hydroxyl groups excluding tert-OH is 1. The van der Waals surface area contributed by atoms with E-state index in [1.54, 1.807) is 28.0 Å². The Morgan fingerprint density at radius 1 is 1.05 bits per heavy atom. The van der Waals surface area contributed by atoms with Crippen molar-refractivity contribution in [3.05, 3.63) is 53.6 Å². The third kappa shape index (κ3) is 4.27. The number of carbonyl (C=O) groups excluding carboxylic acids is 3. The molecule has 1 aromatic carbocycles. The summed E-state index contributed by atoms with van der Waals surface area (Å²) in [6.07, 6.45) is 11.5. The lowest BCUT2D eigenvalue weighted by molar-refractivity contribution is -0.160. The topological polar surface area (TPSA) is 96.4 Å². The van der Waals surface area contributed by atoms with Gasteiger partial charge in [0.1, 0.15) is 23.2 Å². The van der Waals surface area contributed by atoms with Crippen LogP contribution in [0, 0.1) is 11.8 Å². The number of carbonyl (C=O) groups is 3. The van der Waals surface area contributed by atoms with Crippen LogP contribution in [0.25, 0.3) is 0 Å². The molecule has 4 heterocycles. The molecular formula is C29H35ClN2O6. The number of fused-ring (bicyclic) bond motifs is 2. The summed E-state index contributed by atoms with van der Waals surface area (Å²) in [5, 5.41) is 9.81. The number of benzene rings is 1. The molecule has 2 saturated heterocycles. The molecule has 38 heavy (non-hydrogen) atoms. The van der Waals surface area contributed by atoms with E-state index in [9.17, 15) is 19.5 Å². The number of hydrogen-bond acceptors (Lipinski definition) is 6. The SMILES string of the molecule is CC[C@]12/C=C\CCCCOC(=O)[C@H]1[C@H]1C(=O)N(CCCCO)C3C(=O)N(c4ccccc4Cl)CC=C[C@@]31O2. The van der Waals surface area contributed by atoms with E-state index >= 15 is 0 Å². The monoisotopic (exact) mass is 542 g/mol. The number of para-hydroxylation sites is 1. The predicted molar refractivity (Wildman–Crippen MR) is 143 cm³/mol. The van der Waals surface area contributed by atoms with E-state index in [-0.39, 0.29) is 38.1 Å². The van der Waals surface area contributed by atoms with E-state index in [4.69, 9.17) is 21.1 Å². The Kier molecular flexibility index (Phi) is 7.67. The maximum atomic E-state index is 14.4. The van der Waals surface area contributed by atoms with Crippen molar-refractivity contribution in [2.45, 2.75) is 62.7 Å². The summed E-state index contributed by atoms with van der Waals surface area (Å²) in [6.45, 7) is 2.72. The number of likely N-dealkylation sites (tertiary alicyclic amines) is 1. The lowest BCUT2D eigenvalue weighted by Gasteiger charge is -2.38. The summed E-state index contributed by atoms with van der Waals surface area (Å²) in [5.41, 5.74) is -1.87. The highest BCUT2D eigenvalue weighted by molar-refractivity contribution is 6.34. The number of aliphatic hydroxyl groups is 1. The predicted octanol–water partition coefficient (Wildman–Crippen LogP) is 3.66. The van der Waals surface area contributed by atoms with E-state index in [2.05, 4.69) is 0 Å². The lowest BCUT2D eigenvalue weighted by atomic mass is 9.73. The van der Waals surface area contributed by atoms with Crippen LogP contribution < -0.4 is 4.90 Å². The van der Waals surface area contributed by atoms with Gasteiger partial charge >= 0.3 is 5.97 Å². The molecule has 9 heteroatoms. The minimum absolute atomic E-state index is 0.0178. The molecule has 204 valence electrons. The molecule has 2 fully saturated rings. The van der Waals surface area contributed by atoms with Gasteiger partial charge in [0.2, 0.25) is 5.91 Å². The van der Waals surface area contributed by atoms with Crippen molar-refractivity contribution in [2.24, 2.45) is 11.8 Å². The van der Waals surface area contributed by atoms with Crippen molar-refractivity contribution < 1.29 is 29.0 Å². The van der Waals surface area contributed by atoms with Gasteiger partial charge in [-0.05, 0) is 50.7 Å². The van der Waals surface area contributed by atoms with Crippen LogP contribution in [0.15, 0.2) is 48.6 Å². The number of amides is 2. The number of halogens is 1. The third-order valence-corrected chi connectivity index (χ3v) is 8.65. The maximum Gasteiger partial charge on any atom is 0.313 e. The molecule has 5 atom stereocenters. The first-order chi connectivity index (χ1) is 18.4. The number of ether oxygens (including phenoxy) is 2. The van der Waals surface area contributed by atoms with Crippen molar-refractivity contribution in [1.82, 2.24) is 4.90 Å². The highest BCUT2D eigenvalue weighted by atomic mass is 35.5. The summed E-state index contributed by atoms with van der Waals surface area (Å²) in [5.74, 6) is -2.86. The first-order valence-electron chi connectivity index (χ1n) is 13.6. The van der Waals surface area contributed by atoms with Gasteiger partial charge in [-0.1, -0.05) is 55.0 Å². The standard InChI is InChI=1S/C29H35ClN2O6/c1-2-28-14-7-3-4-10-19-37-27(36)23(28)22-25(34)32(16-8-9-18-33)24-26(35)31(17-11-15-29(22,24)38-28)21-13-6-5-12-20(21)30/h5-7,11-15,22-24,33H,2-4,8-10,16-19H2,1H3/b14-7-/t22-,23+,24?,28-,29-/m0/s1. The van der Waals surface area contributed by atoms with Gasteiger partial charge in [0.15, 0.2) is 0 Å². The molecule has 1 N–H and O–H groups in total. The molecule has 0 aromatic heterocycles. The number of allylic oxidation sites excluding steroid dienone is 1. The number of esters is 1. The lowest BCUT2D eigenvalue weighted by Crippen LogP contribution is -2.56. The van der Waals surface area contributed by atoms with Crippen LogP contribution in [0.4, 0.5) is 5.69 Å². The third-order valence-electron chi connectivity index (χ3n) is 8.33. The molecule has 2 amide bonds. The minimum atomic E-state index is -1.35. The Morgan fingerprint density at radius 2 is 1.87 bits per heavy atom. The van der Waals surface area contributed by atoms with Gasteiger partial charge in [-0.15, -0.1) is 0 Å².